The standard InChI is InChI=1S/C13H8F3N3O/c14-13(15,16)9-4-1-5-10-11(9)19(12(20)18-10)8-3-2-6-17-7-8/h1-7H,(H,18,20). The zero-order valence-corrected chi connectivity index (χ0v) is 9.98. The van der Waals surface area contributed by atoms with Crippen molar-refractivity contribution < 1.29 is 13.2 Å². The molecular weight excluding hydrogens is 271 g/mol. The molecule has 2 aromatic heterocycles. The molecule has 1 N–H and O–H groups in total. The number of para-hydroxylation sites is 1. The summed E-state index contributed by atoms with van der Waals surface area (Å²) in [5, 5.41) is 0. The van der Waals surface area contributed by atoms with E-state index < -0.39 is 17.4 Å². The molecule has 0 radical (unpaired) electrons. The van der Waals surface area contributed by atoms with E-state index in [1.807, 2.05) is 0 Å². The summed E-state index contributed by atoms with van der Waals surface area (Å²) in [6.45, 7) is 0. The van der Waals surface area contributed by atoms with Crippen LogP contribution in [0.1, 0.15) is 5.56 Å². The summed E-state index contributed by atoms with van der Waals surface area (Å²) >= 11 is 0. The summed E-state index contributed by atoms with van der Waals surface area (Å²) in [5.41, 5.74) is -1.28. The van der Waals surface area contributed by atoms with Crippen molar-refractivity contribution in [2.45, 2.75) is 6.18 Å². The van der Waals surface area contributed by atoms with Crippen LogP contribution < -0.4 is 5.69 Å². The van der Waals surface area contributed by atoms with Crippen LogP contribution in [0.4, 0.5) is 13.2 Å². The Bertz CT molecular complexity index is 818. The molecule has 1 aromatic carbocycles. The smallest absolute Gasteiger partial charge is 0.305 e. The summed E-state index contributed by atoms with van der Waals surface area (Å²) in [6, 6.07) is 6.71. The molecule has 3 aromatic rings. The minimum atomic E-state index is -4.54. The maximum atomic E-state index is 13.1. The monoisotopic (exact) mass is 279 g/mol. The van der Waals surface area contributed by atoms with Crippen molar-refractivity contribution in [1.29, 1.82) is 0 Å². The van der Waals surface area contributed by atoms with E-state index in [-0.39, 0.29) is 16.7 Å². The minimum absolute atomic E-state index is 0.133. The van der Waals surface area contributed by atoms with Gasteiger partial charge < -0.3 is 4.98 Å². The van der Waals surface area contributed by atoms with Gasteiger partial charge in [0.05, 0.1) is 28.5 Å². The first-order valence-corrected chi connectivity index (χ1v) is 5.70. The van der Waals surface area contributed by atoms with Crippen LogP contribution in [0.3, 0.4) is 0 Å². The third-order valence-electron chi connectivity index (χ3n) is 2.91. The number of rotatable bonds is 1. The Morgan fingerprint density at radius 2 is 1.95 bits per heavy atom. The summed E-state index contributed by atoms with van der Waals surface area (Å²) < 4.78 is 40.2. The number of halogens is 3. The van der Waals surface area contributed by atoms with E-state index in [4.69, 9.17) is 0 Å². The molecule has 7 heteroatoms. The number of nitrogens with one attached hydrogen (secondary N) is 1. The number of benzene rings is 1. The fraction of sp³-hybridized carbons (Fsp3) is 0.0769. The van der Waals surface area contributed by atoms with Crippen molar-refractivity contribution in [3.63, 3.8) is 0 Å². The van der Waals surface area contributed by atoms with Crippen LogP contribution in [0.15, 0.2) is 47.5 Å². The fourth-order valence-corrected chi connectivity index (χ4v) is 2.12. The maximum absolute atomic E-state index is 13.1. The second kappa shape index (κ2) is 4.22. The Balaban J connectivity index is 2.44. The SMILES string of the molecule is O=c1[nH]c2cccc(C(F)(F)F)c2n1-c1cccnc1. The number of hydrogen-bond donors (Lipinski definition) is 1. The van der Waals surface area contributed by atoms with Crippen molar-refractivity contribution in [1.82, 2.24) is 14.5 Å². The van der Waals surface area contributed by atoms with Gasteiger partial charge in [0.1, 0.15) is 0 Å². The highest BCUT2D eigenvalue weighted by Crippen LogP contribution is 2.34. The first-order chi connectivity index (χ1) is 9.48. The summed E-state index contributed by atoms with van der Waals surface area (Å²) in [5.74, 6) is 0. The number of alkyl halides is 3. The van der Waals surface area contributed by atoms with Crippen molar-refractivity contribution in [2.75, 3.05) is 0 Å². The maximum Gasteiger partial charge on any atom is 0.418 e. The first kappa shape index (κ1) is 12.5. The normalized spacial score (nSPS) is 11.9. The Morgan fingerprint density at radius 3 is 2.60 bits per heavy atom. The molecule has 0 aliphatic rings. The third-order valence-corrected chi connectivity index (χ3v) is 2.91. The third kappa shape index (κ3) is 1.87. The van der Waals surface area contributed by atoms with Crippen LogP contribution in [0.25, 0.3) is 16.7 Å². The van der Waals surface area contributed by atoms with Gasteiger partial charge >= 0.3 is 11.9 Å². The lowest BCUT2D eigenvalue weighted by molar-refractivity contribution is -0.136. The van der Waals surface area contributed by atoms with Gasteiger partial charge in [-0.1, -0.05) is 6.07 Å². The van der Waals surface area contributed by atoms with Gasteiger partial charge in [0.2, 0.25) is 0 Å². The quantitative estimate of drug-likeness (QED) is 0.744. The van der Waals surface area contributed by atoms with Gasteiger partial charge in [0.25, 0.3) is 0 Å². The highest BCUT2D eigenvalue weighted by atomic mass is 19.4. The number of H-pyrrole nitrogens is 1. The summed E-state index contributed by atoms with van der Waals surface area (Å²) in [4.78, 5) is 18.2. The summed E-state index contributed by atoms with van der Waals surface area (Å²) in [7, 11) is 0. The molecule has 2 heterocycles. The van der Waals surface area contributed by atoms with Gasteiger partial charge in [0.15, 0.2) is 0 Å². The highest BCUT2D eigenvalue weighted by molar-refractivity contribution is 5.81. The van der Waals surface area contributed by atoms with Gasteiger partial charge in [-0.15, -0.1) is 0 Å². The summed E-state index contributed by atoms with van der Waals surface area (Å²) in [6.07, 6.45) is -1.73. The lowest BCUT2D eigenvalue weighted by Crippen LogP contribution is -2.16. The second-order valence-electron chi connectivity index (χ2n) is 4.18. The predicted molar refractivity (Wildman–Crippen MR) is 66.7 cm³/mol. The number of pyridine rings is 1. The molecule has 102 valence electrons. The Hall–Kier alpha value is -2.57. The van der Waals surface area contributed by atoms with Crippen LogP contribution in [0.2, 0.25) is 0 Å². The van der Waals surface area contributed by atoms with Gasteiger partial charge in [-0.2, -0.15) is 13.2 Å². The molecule has 0 fully saturated rings. The largest absolute Gasteiger partial charge is 0.418 e. The van der Waals surface area contributed by atoms with Crippen LogP contribution in [-0.4, -0.2) is 14.5 Å². The van der Waals surface area contributed by atoms with Crippen LogP contribution >= 0.6 is 0 Å². The van der Waals surface area contributed by atoms with Gasteiger partial charge in [-0.3, -0.25) is 9.55 Å². The molecule has 3 rings (SSSR count). The number of hydrogen-bond acceptors (Lipinski definition) is 2. The Kier molecular flexibility index (Phi) is 2.63. The number of imidazole rings is 1. The van der Waals surface area contributed by atoms with E-state index in [0.717, 1.165) is 10.6 Å². The average Bonchev–Trinajstić information content (AvgIpc) is 2.74. The van der Waals surface area contributed by atoms with Crippen LogP contribution in [0, 0.1) is 0 Å². The Labute approximate surface area is 110 Å². The molecule has 0 bridgehead atoms. The molecule has 0 amide bonds. The van der Waals surface area contributed by atoms with Crippen molar-refractivity contribution in [2.24, 2.45) is 0 Å². The van der Waals surface area contributed by atoms with Gasteiger partial charge in [-0.05, 0) is 24.3 Å². The minimum Gasteiger partial charge on any atom is -0.305 e. The fourth-order valence-electron chi connectivity index (χ4n) is 2.12. The molecular formula is C13H8F3N3O. The average molecular weight is 279 g/mol. The zero-order chi connectivity index (χ0) is 14.3. The lowest BCUT2D eigenvalue weighted by Gasteiger charge is -2.10. The van der Waals surface area contributed by atoms with Gasteiger partial charge in [-0.25, -0.2) is 4.79 Å². The number of aromatic nitrogens is 3. The lowest BCUT2D eigenvalue weighted by atomic mass is 10.1. The predicted octanol–water partition coefficient (Wildman–Crippen LogP) is 2.73. The Morgan fingerprint density at radius 1 is 1.15 bits per heavy atom. The van der Waals surface area contributed by atoms with E-state index in [9.17, 15) is 18.0 Å². The molecule has 0 unspecified atom stereocenters. The van der Waals surface area contributed by atoms with Crippen molar-refractivity contribution in [3.8, 4) is 5.69 Å². The number of fused-ring (bicyclic) bond motifs is 1. The second-order valence-corrected chi connectivity index (χ2v) is 4.18. The molecule has 0 atom stereocenters. The molecule has 0 spiro atoms. The molecule has 4 nitrogen and oxygen atoms in total. The van der Waals surface area contributed by atoms with E-state index >= 15 is 0 Å². The van der Waals surface area contributed by atoms with E-state index in [2.05, 4.69) is 9.97 Å². The number of nitrogens with zero attached hydrogens (tertiary/aromatic N) is 2. The highest BCUT2D eigenvalue weighted by Gasteiger charge is 2.34. The van der Waals surface area contributed by atoms with E-state index in [0.29, 0.717) is 0 Å². The molecule has 0 saturated heterocycles. The van der Waals surface area contributed by atoms with Crippen molar-refractivity contribution in [3.05, 3.63) is 58.8 Å². The van der Waals surface area contributed by atoms with Gasteiger partial charge in [0, 0.05) is 6.20 Å². The first-order valence-electron chi connectivity index (χ1n) is 5.70. The molecule has 0 aliphatic carbocycles. The molecule has 0 saturated carbocycles. The van der Waals surface area contributed by atoms with Crippen molar-refractivity contribution >= 4 is 11.0 Å². The van der Waals surface area contributed by atoms with Crippen LogP contribution in [0.5, 0.6) is 0 Å². The van der Waals surface area contributed by atoms with E-state index in [1.54, 1.807) is 6.07 Å². The molecule has 20 heavy (non-hydrogen) atoms. The zero-order valence-electron chi connectivity index (χ0n) is 9.98. The topological polar surface area (TPSA) is 50.7 Å². The van der Waals surface area contributed by atoms with E-state index in [1.165, 1.54) is 30.6 Å². The molecule has 0 aliphatic heterocycles. The van der Waals surface area contributed by atoms with Crippen LogP contribution in [-0.2, 0) is 6.18 Å². The number of aromatic amines is 1.